The molecule has 2 aliphatic heterocycles. The zero-order chi connectivity index (χ0) is 32.9. The van der Waals surface area contributed by atoms with Gasteiger partial charge in [-0.2, -0.15) is 0 Å². The number of carbonyl (C=O) groups excluding carboxylic acids is 1. The van der Waals surface area contributed by atoms with Crippen molar-refractivity contribution >= 4 is 22.9 Å². The molecule has 1 aromatic carbocycles. The third-order valence-electron chi connectivity index (χ3n) is 10.5. The Hall–Kier alpha value is -4.81. The first-order valence-corrected chi connectivity index (χ1v) is 17.7. The monoisotopic (exact) mass is 659 g/mol. The maximum atomic E-state index is 12.5. The van der Waals surface area contributed by atoms with Crippen LogP contribution in [0.1, 0.15) is 62.1 Å². The van der Waals surface area contributed by atoms with Gasteiger partial charge in [-0.15, -0.1) is 5.10 Å². The molecule has 4 aromatic heterocycles. The minimum atomic E-state index is 0.103. The molecule has 6 heterocycles. The van der Waals surface area contributed by atoms with Gasteiger partial charge >= 0.3 is 0 Å². The third kappa shape index (κ3) is 5.93. The van der Waals surface area contributed by atoms with Crippen molar-refractivity contribution in [3.63, 3.8) is 0 Å². The van der Waals surface area contributed by atoms with Crippen molar-refractivity contribution in [3.05, 3.63) is 72.1 Å². The number of nitrogens with zero attached hydrogens (tertiary/aromatic N) is 7. The second kappa shape index (κ2) is 12.6. The Labute approximate surface area is 284 Å². The first-order valence-electron chi connectivity index (χ1n) is 17.7. The summed E-state index contributed by atoms with van der Waals surface area (Å²) in [4.78, 5) is 29.1. The van der Waals surface area contributed by atoms with Gasteiger partial charge in [0.05, 0.1) is 18.8 Å². The number of carbonyl (C=O) groups is 1. The summed E-state index contributed by atoms with van der Waals surface area (Å²) < 4.78 is 15.4. The summed E-state index contributed by atoms with van der Waals surface area (Å²) in [6, 6.07) is 17.0. The maximum absolute atomic E-state index is 12.5. The van der Waals surface area contributed by atoms with Crippen LogP contribution < -0.4 is 15.8 Å². The van der Waals surface area contributed by atoms with E-state index in [0.717, 1.165) is 81.2 Å². The Bertz CT molecular complexity index is 2000. The van der Waals surface area contributed by atoms with Crippen LogP contribution in [0, 0.1) is 5.92 Å². The molecule has 2 aliphatic carbocycles. The van der Waals surface area contributed by atoms with Crippen LogP contribution in [0.3, 0.4) is 0 Å². The first kappa shape index (κ1) is 30.3. The minimum Gasteiger partial charge on any atom is -0.473 e. The number of ether oxygens (including phenoxy) is 2. The average Bonchev–Trinajstić information content (AvgIpc) is 3.58. The standard InChI is InChI=1S/C37H41N9O3/c38-34-29(2-1-16-39-34)35-41-31-9-10-32(45-19-13-33(43-45)49-27-14-20-48-21-15-27)42-36(31)46(35)26-6-7-28-24(22-26)5-8-30(28)40-25-11-17-44(18-12-25)37(47)23-3-4-23/h1-2,6-7,9-10,13,16,19,22-23,25,27,30,40H,3-5,8,11-12,14-15,17-18,20-21H2,(H2,38,39)/t30-/m0/s1. The van der Waals surface area contributed by atoms with Gasteiger partial charge in [-0.25, -0.2) is 19.6 Å². The van der Waals surface area contributed by atoms with Crippen molar-refractivity contribution in [1.82, 2.24) is 39.5 Å². The fraction of sp³-hybridized carbons (Fsp3) is 0.432. The van der Waals surface area contributed by atoms with Crippen LogP contribution in [0.5, 0.6) is 5.88 Å². The number of likely N-dealkylation sites (tertiary alicyclic amines) is 1. The molecule has 1 saturated carbocycles. The summed E-state index contributed by atoms with van der Waals surface area (Å²) in [5, 5.41) is 8.63. The van der Waals surface area contributed by atoms with Crippen molar-refractivity contribution in [2.45, 2.75) is 69.6 Å². The van der Waals surface area contributed by atoms with E-state index in [1.54, 1.807) is 10.9 Å². The van der Waals surface area contributed by atoms with Crippen LogP contribution in [0.4, 0.5) is 5.82 Å². The SMILES string of the molecule is Nc1ncccc1-c1nc2ccc(-n3ccc(OC4CCOCC4)n3)nc2n1-c1ccc2c(c1)CC[C@@H]2NC1CCN(C(=O)C2CC2)CC1. The molecule has 12 nitrogen and oxygen atoms in total. The zero-order valence-corrected chi connectivity index (χ0v) is 27.5. The molecule has 0 bridgehead atoms. The number of rotatable bonds is 8. The van der Waals surface area contributed by atoms with Crippen molar-refractivity contribution in [1.29, 1.82) is 0 Å². The topological polar surface area (TPSA) is 138 Å². The Morgan fingerprint density at radius 2 is 1.82 bits per heavy atom. The number of fused-ring (bicyclic) bond motifs is 2. The van der Waals surface area contributed by atoms with E-state index in [4.69, 9.17) is 30.3 Å². The van der Waals surface area contributed by atoms with Crippen LogP contribution in [-0.4, -0.2) is 78.6 Å². The summed E-state index contributed by atoms with van der Waals surface area (Å²) in [6.07, 6.45) is 11.6. The number of hydrogen-bond acceptors (Lipinski definition) is 9. The summed E-state index contributed by atoms with van der Waals surface area (Å²) in [6.45, 7) is 3.13. The predicted molar refractivity (Wildman–Crippen MR) is 185 cm³/mol. The van der Waals surface area contributed by atoms with Gasteiger partial charge in [0.1, 0.15) is 17.4 Å². The highest BCUT2D eigenvalue weighted by atomic mass is 16.5. The number of aromatic nitrogens is 6. The van der Waals surface area contributed by atoms with E-state index in [9.17, 15) is 4.79 Å². The summed E-state index contributed by atoms with van der Waals surface area (Å²) in [5.74, 6) is 3.00. The molecule has 9 rings (SSSR count). The van der Waals surface area contributed by atoms with Gasteiger partial charge in [-0.3, -0.25) is 9.36 Å². The van der Waals surface area contributed by atoms with E-state index in [1.165, 1.54) is 11.1 Å². The number of nitrogens with two attached hydrogens (primary N) is 1. The van der Waals surface area contributed by atoms with Crippen molar-refractivity contribution < 1.29 is 14.3 Å². The number of hydrogen-bond donors (Lipinski definition) is 2. The van der Waals surface area contributed by atoms with Gasteiger partial charge < -0.3 is 25.4 Å². The quantitative estimate of drug-likeness (QED) is 0.241. The fourth-order valence-electron chi connectivity index (χ4n) is 7.62. The lowest BCUT2D eigenvalue weighted by Crippen LogP contribution is -2.46. The third-order valence-corrected chi connectivity index (χ3v) is 10.5. The number of pyridine rings is 2. The number of benzene rings is 1. The number of nitrogen functional groups attached to an aromatic ring is 1. The normalized spacial score (nSPS) is 20.2. The lowest BCUT2D eigenvalue weighted by atomic mass is 10.0. The Morgan fingerprint density at radius 1 is 0.959 bits per heavy atom. The second-order valence-electron chi connectivity index (χ2n) is 13.8. The largest absolute Gasteiger partial charge is 0.473 e. The molecule has 0 spiro atoms. The minimum absolute atomic E-state index is 0.103. The molecular weight excluding hydrogens is 618 g/mol. The first-order chi connectivity index (χ1) is 24.1. The molecule has 2 saturated heterocycles. The van der Waals surface area contributed by atoms with E-state index in [0.29, 0.717) is 66.1 Å². The van der Waals surface area contributed by atoms with Gasteiger partial charge in [0, 0.05) is 68.1 Å². The molecule has 12 heteroatoms. The van der Waals surface area contributed by atoms with Crippen LogP contribution >= 0.6 is 0 Å². The van der Waals surface area contributed by atoms with Gasteiger partial charge in [0.15, 0.2) is 17.3 Å². The molecule has 3 fully saturated rings. The lowest BCUT2D eigenvalue weighted by molar-refractivity contribution is -0.133. The fourth-order valence-corrected chi connectivity index (χ4v) is 7.62. The van der Waals surface area contributed by atoms with Crippen LogP contribution in [0.2, 0.25) is 0 Å². The lowest BCUT2D eigenvalue weighted by Gasteiger charge is -2.34. The second-order valence-corrected chi connectivity index (χ2v) is 13.8. The van der Waals surface area contributed by atoms with E-state index in [2.05, 4.69) is 38.0 Å². The predicted octanol–water partition coefficient (Wildman–Crippen LogP) is 4.79. The molecule has 5 aromatic rings. The highest BCUT2D eigenvalue weighted by Gasteiger charge is 2.35. The highest BCUT2D eigenvalue weighted by Crippen LogP contribution is 2.37. The molecule has 1 amide bonds. The Morgan fingerprint density at radius 3 is 2.63 bits per heavy atom. The van der Waals surface area contributed by atoms with E-state index < -0.39 is 0 Å². The van der Waals surface area contributed by atoms with E-state index >= 15 is 0 Å². The van der Waals surface area contributed by atoms with Crippen LogP contribution in [0.25, 0.3) is 34.1 Å². The summed E-state index contributed by atoms with van der Waals surface area (Å²) in [5.41, 5.74) is 12.3. The van der Waals surface area contributed by atoms with Crippen molar-refractivity contribution in [3.8, 4) is 28.8 Å². The Balaban J connectivity index is 1.01. The van der Waals surface area contributed by atoms with E-state index in [-0.39, 0.29) is 6.10 Å². The molecule has 3 N–H and O–H groups in total. The van der Waals surface area contributed by atoms with E-state index in [1.807, 2.05) is 36.5 Å². The number of imidazole rings is 1. The molecular formula is C37H41N9O3. The van der Waals surface area contributed by atoms with Gasteiger partial charge in [0.25, 0.3) is 0 Å². The molecule has 252 valence electrons. The summed E-state index contributed by atoms with van der Waals surface area (Å²) >= 11 is 0. The molecule has 0 radical (unpaired) electrons. The molecule has 4 aliphatic rings. The Kier molecular flexibility index (Phi) is 7.77. The van der Waals surface area contributed by atoms with Crippen LogP contribution in [-0.2, 0) is 16.0 Å². The molecule has 1 atom stereocenters. The van der Waals surface area contributed by atoms with Crippen LogP contribution in [0.15, 0.2) is 60.9 Å². The summed E-state index contributed by atoms with van der Waals surface area (Å²) in [7, 11) is 0. The average molecular weight is 660 g/mol. The number of anilines is 1. The molecule has 49 heavy (non-hydrogen) atoms. The van der Waals surface area contributed by atoms with Gasteiger partial charge in [-0.05, 0) is 86.1 Å². The number of aryl methyl sites for hydroxylation is 1. The number of piperidine rings is 1. The highest BCUT2D eigenvalue weighted by molar-refractivity contribution is 5.83. The van der Waals surface area contributed by atoms with Gasteiger partial charge in [0.2, 0.25) is 11.8 Å². The molecule has 0 unspecified atom stereocenters. The smallest absolute Gasteiger partial charge is 0.233 e. The maximum Gasteiger partial charge on any atom is 0.233 e. The van der Waals surface area contributed by atoms with Crippen molar-refractivity contribution in [2.24, 2.45) is 5.92 Å². The van der Waals surface area contributed by atoms with Gasteiger partial charge in [-0.1, -0.05) is 6.07 Å². The van der Waals surface area contributed by atoms with Crippen molar-refractivity contribution in [2.75, 3.05) is 32.0 Å². The zero-order valence-electron chi connectivity index (χ0n) is 27.5. The number of nitrogens with one attached hydrogen (secondary N) is 1. The number of amides is 1.